The van der Waals surface area contributed by atoms with Gasteiger partial charge in [-0.3, -0.25) is 19.4 Å². The van der Waals surface area contributed by atoms with Crippen LogP contribution in [0.4, 0.5) is 0 Å². The topological polar surface area (TPSA) is 201 Å². The predicted octanol–water partition coefficient (Wildman–Crippen LogP) is -0.737. The summed E-state index contributed by atoms with van der Waals surface area (Å²) in [7, 11) is 0. The number of Topliss-reactive ketones (excluding diaryl/α,β-unsaturated/α-hetero) is 1. The molecule has 0 heterocycles. The fourth-order valence-corrected chi connectivity index (χ4v) is 3.00. The number of guanidine groups is 1. The minimum Gasteiger partial charge on any atom is -0.462 e. The number of nitrogens with zero attached hydrogens (tertiary/aromatic N) is 1. The molecule has 0 radical (unpaired) electrons. The first kappa shape index (κ1) is 29.8. The fourth-order valence-electron chi connectivity index (χ4n) is 3.00. The van der Waals surface area contributed by atoms with Crippen molar-refractivity contribution in [1.82, 2.24) is 10.6 Å². The van der Waals surface area contributed by atoms with Crippen LogP contribution in [0.1, 0.15) is 64.7 Å². The number of esters is 1. The molecule has 0 aromatic carbocycles. The van der Waals surface area contributed by atoms with Crippen LogP contribution < -0.4 is 33.6 Å². The molecule has 11 heteroatoms. The standard InChI is InChI=1S/C21H43N7O4/c1-16(29)32-17(7-2-3-14-28-21(24)25)15-19(30)18(23)8-9-20(31)27-13-5-4-11-26-12-6-10-22/h17-18,26H,2-15,22-23H2,1H3,(H,27,31)(H4,24,25,28). The molecule has 186 valence electrons. The normalized spacial score (nSPS) is 12.6. The number of nitrogens with one attached hydrogen (secondary N) is 2. The molecule has 0 saturated carbocycles. The molecule has 0 fully saturated rings. The van der Waals surface area contributed by atoms with Crippen molar-refractivity contribution in [2.75, 3.05) is 32.7 Å². The summed E-state index contributed by atoms with van der Waals surface area (Å²) in [6, 6.07) is -0.771. The number of hydrogen-bond acceptors (Lipinski definition) is 8. The maximum Gasteiger partial charge on any atom is 0.302 e. The molecule has 11 nitrogen and oxygen atoms in total. The van der Waals surface area contributed by atoms with Crippen molar-refractivity contribution in [3.63, 3.8) is 0 Å². The Morgan fingerprint density at radius 3 is 2.31 bits per heavy atom. The zero-order chi connectivity index (χ0) is 24.2. The van der Waals surface area contributed by atoms with Crippen molar-refractivity contribution in [3.8, 4) is 0 Å². The number of amides is 1. The van der Waals surface area contributed by atoms with Crippen molar-refractivity contribution in [2.24, 2.45) is 27.9 Å². The van der Waals surface area contributed by atoms with Gasteiger partial charge in [-0.25, -0.2) is 0 Å². The summed E-state index contributed by atoms with van der Waals surface area (Å²) in [6.45, 7) is 4.85. The van der Waals surface area contributed by atoms with Gasteiger partial charge in [0.25, 0.3) is 0 Å². The zero-order valence-corrected chi connectivity index (χ0v) is 19.4. The van der Waals surface area contributed by atoms with E-state index < -0.39 is 18.1 Å². The summed E-state index contributed by atoms with van der Waals surface area (Å²) in [4.78, 5) is 39.6. The molecule has 0 aromatic rings. The van der Waals surface area contributed by atoms with Crippen LogP contribution in [0.15, 0.2) is 4.99 Å². The Hall–Kier alpha value is -2.24. The summed E-state index contributed by atoms with van der Waals surface area (Å²) in [6.07, 6.45) is 4.63. The second kappa shape index (κ2) is 19.4. The van der Waals surface area contributed by atoms with E-state index in [1.54, 1.807) is 0 Å². The molecule has 0 saturated heterocycles. The second-order valence-corrected chi connectivity index (χ2v) is 7.80. The average Bonchev–Trinajstić information content (AvgIpc) is 2.72. The van der Waals surface area contributed by atoms with E-state index in [0.29, 0.717) is 38.9 Å². The van der Waals surface area contributed by atoms with Gasteiger partial charge in [0, 0.05) is 32.9 Å². The Morgan fingerprint density at radius 2 is 1.66 bits per heavy atom. The molecular formula is C21H43N7O4. The number of unbranched alkanes of at least 4 members (excludes halogenated alkanes) is 2. The van der Waals surface area contributed by atoms with E-state index >= 15 is 0 Å². The average molecular weight is 458 g/mol. The molecule has 0 spiro atoms. The van der Waals surface area contributed by atoms with Gasteiger partial charge in [0.15, 0.2) is 11.7 Å². The van der Waals surface area contributed by atoms with E-state index in [1.165, 1.54) is 6.92 Å². The quantitative estimate of drug-likeness (QED) is 0.0589. The lowest BCUT2D eigenvalue weighted by Gasteiger charge is -2.18. The highest BCUT2D eigenvalue weighted by atomic mass is 16.5. The van der Waals surface area contributed by atoms with Crippen LogP contribution in [0.5, 0.6) is 0 Å². The van der Waals surface area contributed by atoms with E-state index in [2.05, 4.69) is 15.6 Å². The summed E-state index contributed by atoms with van der Waals surface area (Å²) >= 11 is 0. The first-order valence-corrected chi connectivity index (χ1v) is 11.4. The number of ketones is 1. The van der Waals surface area contributed by atoms with Gasteiger partial charge in [-0.1, -0.05) is 0 Å². The smallest absolute Gasteiger partial charge is 0.302 e. The molecule has 10 N–H and O–H groups in total. The molecule has 0 rings (SSSR count). The minimum absolute atomic E-state index is 0.0296. The largest absolute Gasteiger partial charge is 0.462 e. The molecule has 2 atom stereocenters. The van der Waals surface area contributed by atoms with Gasteiger partial charge >= 0.3 is 5.97 Å². The molecule has 2 unspecified atom stereocenters. The van der Waals surface area contributed by atoms with Gasteiger partial charge < -0.3 is 38.3 Å². The lowest BCUT2D eigenvalue weighted by atomic mass is 9.99. The number of carbonyl (C=O) groups is 3. The summed E-state index contributed by atoms with van der Waals surface area (Å²) < 4.78 is 5.24. The van der Waals surface area contributed by atoms with Crippen LogP contribution in [0.25, 0.3) is 0 Å². The Bertz CT molecular complexity index is 568. The monoisotopic (exact) mass is 457 g/mol. The Balaban J connectivity index is 4.10. The van der Waals surface area contributed by atoms with Gasteiger partial charge in [0.1, 0.15) is 6.10 Å². The number of nitrogens with two attached hydrogens (primary N) is 4. The number of hydrogen-bond donors (Lipinski definition) is 6. The molecular weight excluding hydrogens is 414 g/mol. The molecule has 0 aliphatic carbocycles. The van der Waals surface area contributed by atoms with Crippen LogP contribution in [-0.2, 0) is 19.1 Å². The van der Waals surface area contributed by atoms with Crippen LogP contribution in [0, 0.1) is 0 Å². The predicted molar refractivity (Wildman–Crippen MR) is 126 cm³/mol. The maximum atomic E-state index is 12.4. The first-order chi connectivity index (χ1) is 15.3. The van der Waals surface area contributed by atoms with Crippen LogP contribution in [-0.4, -0.2) is 68.5 Å². The molecule has 0 aliphatic heterocycles. The lowest BCUT2D eigenvalue weighted by molar-refractivity contribution is -0.148. The van der Waals surface area contributed by atoms with Crippen molar-refractivity contribution in [3.05, 3.63) is 0 Å². The van der Waals surface area contributed by atoms with Crippen molar-refractivity contribution in [1.29, 1.82) is 0 Å². The van der Waals surface area contributed by atoms with E-state index in [0.717, 1.165) is 32.4 Å². The third-order valence-electron chi connectivity index (χ3n) is 4.75. The molecule has 0 bridgehead atoms. The first-order valence-electron chi connectivity index (χ1n) is 11.4. The van der Waals surface area contributed by atoms with Gasteiger partial charge in [0.2, 0.25) is 5.91 Å². The number of carbonyl (C=O) groups excluding carboxylic acids is 3. The van der Waals surface area contributed by atoms with E-state index in [-0.39, 0.29) is 36.9 Å². The Labute approximate surface area is 191 Å². The van der Waals surface area contributed by atoms with Crippen LogP contribution in [0.2, 0.25) is 0 Å². The van der Waals surface area contributed by atoms with E-state index in [1.807, 2.05) is 0 Å². The highest BCUT2D eigenvalue weighted by Gasteiger charge is 2.21. The van der Waals surface area contributed by atoms with Crippen LogP contribution >= 0.6 is 0 Å². The second-order valence-electron chi connectivity index (χ2n) is 7.80. The SMILES string of the molecule is CC(=O)OC(CCCCN=C(N)N)CC(=O)C(N)CCC(=O)NCCCCNCCCN. The van der Waals surface area contributed by atoms with Crippen molar-refractivity contribution in [2.45, 2.75) is 76.9 Å². The van der Waals surface area contributed by atoms with Gasteiger partial charge in [-0.2, -0.15) is 0 Å². The van der Waals surface area contributed by atoms with E-state index in [9.17, 15) is 14.4 Å². The summed E-state index contributed by atoms with van der Waals surface area (Å²) in [5.74, 6) is -0.769. The number of aliphatic imine (C=N–C) groups is 1. The third-order valence-corrected chi connectivity index (χ3v) is 4.75. The zero-order valence-electron chi connectivity index (χ0n) is 19.4. The highest BCUT2D eigenvalue weighted by Crippen LogP contribution is 2.12. The summed E-state index contributed by atoms with van der Waals surface area (Å²) in [5.41, 5.74) is 21.9. The third kappa shape index (κ3) is 18.5. The molecule has 0 aromatic heterocycles. The Kier molecular flexibility index (Phi) is 18.1. The molecule has 0 aliphatic rings. The minimum atomic E-state index is -0.771. The van der Waals surface area contributed by atoms with Crippen molar-refractivity contribution < 1.29 is 19.1 Å². The molecule has 1 amide bonds. The number of ether oxygens (including phenoxy) is 1. The fraction of sp³-hybridized carbons (Fsp3) is 0.810. The Morgan fingerprint density at radius 1 is 0.969 bits per heavy atom. The maximum absolute atomic E-state index is 12.4. The van der Waals surface area contributed by atoms with Gasteiger partial charge in [-0.15, -0.1) is 0 Å². The molecule has 32 heavy (non-hydrogen) atoms. The lowest BCUT2D eigenvalue weighted by Crippen LogP contribution is -2.35. The van der Waals surface area contributed by atoms with E-state index in [4.69, 9.17) is 27.7 Å². The highest BCUT2D eigenvalue weighted by molar-refractivity contribution is 5.85. The van der Waals surface area contributed by atoms with Crippen LogP contribution in [0.3, 0.4) is 0 Å². The van der Waals surface area contributed by atoms with Gasteiger partial charge in [0.05, 0.1) is 6.04 Å². The summed E-state index contributed by atoms with van der Waals surface area (Å²) in [5, 5.41) is 6.13. The van der Waals surface area contributed by atoms with Crippen molar-refractivity contribution >= 4 is 23.6 Å². The van der Waals surface area contributed by atoms with Gasteiger partial charge in [-0.05, 0) is 64.6 Å². The number of rotatable bonds is 20.